The molecule has 2 rings (SSSR count). The van der Waals surface area contributed by atoms with E-state index in [1.807, 2.05) is 4.90 Å². The minimum Gasteiger partial charge on any atom is -0.339 e. The molecule has 2 heterocycles. The summed E-state index contributed by atoms with van der Waals surface area (Å²) in [5.41, 5.74) is 0.518. The largest absolute Gasteiger partial charge is 0.339 e. The Morgan fingerprint density at radius 1 is 1.42 bits per heavy atom. The Morgan fingerprint density at radius 2 is 2.21 bits per heavy atom. The highest BCUT2D eigenvalue weighted by Gasteiger charge is 2.21. The SMILES string of the molecule is CCC1CCCN(C(=O)c2cnc(Cl)c(Cl)c2)CC1. The monoisotopic (exact) mass is 300 g/mol. The number of amides is 1. The molecule has 0 spiro atoms. The molecule has 0 N–H and O–H groups in total. The number of carbonyl (C=O) groups is 1. The second-order valence-electron chi connectivity index (χ2n) is 4.99. The van der Waals surface area contributed by atoms with E-state index in [0.29, 0.717) is 10.6 Å². The number of pyridine rings is 1. The van der Waals surface area contributed by atoms with Crippen LogP contribution in [-0.2, 0) is 0 Å². The van der Waals surface area contributed by atoms with Crippen molar-refractivity contribution in [2.45, 2.75) is 32.6 Å². The minimum absolute atomic E-state index is 0.00261. The Balaban J connectivity index is 2.08. The van der Waals surface area contributed by atoms with Gasteiger partial charge >= 0.3 is 0 Å². The van der Waals surface area contributed by atoms with Gasteiger partial charge in [-0.05, 0) is 31.2 Å². The molecule has 0 bridgehead atoms. The highest BCUT2D eigenvalue weighted by atomic mass is 35.5. The van der Waals surface area contributed by atoms with Crippen LogP contribution < -0.4 is 0 Å². The first kappa shape index (κ1) is 14.6. The molecule has 0 saturated carbocycles. The van der Waals surface area contributed by atoms with Crippen LogP contribution in [0.25, 0.3) is 0 Å². The van der Waals surface area contributed by atoms with Crippen LogP contribution in [0.15, 0.2) is 12.3 Å². The zero-order valence-electron chi connectivity index (χ0n) is 11.0. The quantitative estimate of drug-likeness (QED) is 0.772. The van der Waals surface area contributed by atoms with E-state index in [0.717, 1.165) is 31.8 Å². The zero-order valence-corrected chi connectivity index (χ0v) is 12.5. The molecule has 1 aliphatic rings. The van der Waals surface area contributed by atoms with Gasteiger partial charge in [0.1, 0.15) is 5.15 Å². The van der Waals surface area contributed by atoms with E-state index in [1.54, 1.807) is 6.07 Å². The summed E-state index contributed by atoms with van der Waals surface area (Å²) in [6.45, 7) is 3.85. The number of nitrogens with zero attached hydrogens (tertiary/aromatic N) is 2. The lowest BCUT2D eigenvalue weighted by atomic mass is 9.98. The molecule has 1 aromatic rings. The third-order valence-electron chi connectivity index (χ3n) is 3.76. The Labute approximate surface area is 123 Å². The minimum atomic E-state index is 0.00261. The number of aromatic nitrogens is 1. The zero-order chi connectivity index (χ0) is 13.8. The van der Waals surface area contributed by atoms with Gasteiger partial charge in [0.25, 0.3) is 5.91 Å². The fourth-order valence-corrected chi connectivity index (χ4v) is 2.77. The number of rotatable bonds is 2. The first-order chi connectivity index (χ1) is 9.11. The number of hydrogen-bond acceptors (Lipinski definition) is 2. The molecule has 1 fully saturated rings. The van der Waals surface area contributed by atoms with Crippen LogP contribution in [0.5, 0.6) is 0 Å². The lowest BCUT2D eigenvalue weighted by Gasteiger charge is -2.20. The van der Waals surface area contributed by atoms with Crippen molar-refractivity contribution < 1.29 is 4.79 Å². The second kappa shape index (κ2) is 6.58. The highest BCUT2D eigenvalue weighted by Crippen LogP contribution is 2.23. The summed E-state index contributed by atoms with van der Waals surface area (Å²) in [5.74, 6) is 0.743. The van der Waals surface area contributed by atoms with Gasteiger partial charge in [-0.25, -0.2) is 4.98 Å². The maximum atomic E-state index is 12.4. The number of carbonyl (C=O) groups excluding carboxylic acids is 1. The average molecular weight is 301 g/mol. The van der Waals surface area contributed by atoms with Crippen LogP contribution in [0.2, 0.25) is 10.2 Å². The lowest BCUT2D eigenvalue weighted by molar-refractivity contribution is 0.0759. The van der Waals surface area contributed by atoms with Crippen molar-refractivity contribution in [3.8, 4) is 0 Å². The fourth-order valence-electron chi connectivity index (χ4n) is 2.50. The predicted octanol–water partition coefficient (Wildman–Crippen LogP) is 4.04. The van der Waals surface area contributed by atoms with Gasteiger partial charge in [-0.1, -0.05) is 36.5 Å². The Bertz CT molecular complexity index is 465. The topological polar surface area (TPSA) is 33.2 Å². The van der Waals surface area contributed by atoms with Crippen molar-refractivity contribution in [1.82, 2.24) is 9.88 Å². The third-order valence-corrected chi connectivity index (χ3v) is 4.44. The van der Waals surface area contributed by atoms with Crippen molar-refractivity contribution in [2.24, 2.45) is 5.92 Å². The van der Waals surface area contributed by atoms with Crippen LogP contribution in [0.4, 0.5) is 0 Å². The maximum Gasteiger partial charge on any atom is 0.255 e. The molecule has 1 saturated heterocycles. The van der Waals surface area contributed by atoms with E-state index < -0.39 is 0 Å². The van der Waals surface area contributed by atoms with Gasteiger partial charge < -0.3 is 4.90 Å². The first-order valence-corrected chi connectivity index (χ1v) is 7.47. The molecule has 3 nitrogen and oxygen atoms in total. The summed E-state index contributed by atoms with van der Waals surface area (Å²) < 4.78 is 0. The molecule has 104 valence electrons. The van der Waals surface area contributed by atoms with E-state index in [-0.39, 0.29) is 11.1 Å². The Morgan fingerprint density at radius 3 is 2.89 bits per heavy atom. The van der Waals surface area contributed by atoms with Crippen molar-refractivity contribution in [3.05, 3.63) is 28.0 Å². The van der Waals surface area contributed by atoms with Crippen molar-refractivity contribution in [2.75, 3.05) is 13.1 Å². The summed E-state index contributed by atoms with van der Waals surface area (Å²) in [7, 11) is 0. The fraction of sp³-hybridized carbons (Fsp3) is 0.571. The van der Waals surface area contributed by atoms with Gasteiger partial charge in [-0.15, -0.1) is 0 Å². The van der Waals surface area contributed by atoms with E-state index >= 15 is 0 Å². The molecule has 19 heavy (non-hydrogen) atoms. The van der Waals surface area contributed by atoms with E-state index in [2.05, 4.69) is 11.9 Å². The second-order valence-corrected chi connectivity index (χ2v) is 5.76. The highest BCUT2D eigenvalue weighted by molar-refractivity contribution is 6.41. The summed E-state index contributed by atoms with van der Waals surface area (Å²) in [4.78, 5) is 18.2. The standard InChI is InChI=1S/C14H18Cl2N2O/c1-2-10-4-3-6-18(7-5-10)14(19)11-8-12(15)13(16)17-9-11/h8-10H,2-7H2,1H3. The molecule has 1 amide bonds. The number of hydrogen-bond donors (Lipinski definition) is 0. The predicted molar refractivity (Wildman–Crippen MR) is 77.8 cm³/mol. The van der Waals surface area contributed by atoms with Crippen LogP contribution in [0, 0.1) is 5.92 Å². The smallest absolute Gasteiger partial charge is 0.255 e. The first-order valence-electron chi connectivity index (χ1n) is 6.72. The van der Waals surface area contributed by atoms with Crippen LogP contribution in [0.3, 0.4) is 0 Å². The summed E-state index contributed by atoms with van der Waals surface area (Å²) in [6, 6.07) is 1.60. The van der Waals surface area contributed by atoms with Gasteiger partial charge in [0.05, 0.1) is 10.6 Å². The molecule has 1 atom stereocenters. The van der Waals surface area contributed by atoms with E-state index in [1.165, 1.54) is 19.0 Å². The molecule has 0 aliphatic carbocycles. The summed E-state index contributed by atoms with van der Waals surface area (Å²) >= 11 is 11.7. The number of halogens is 2. The summed E-state index contributed by atoms with van der Waals surface area (Å²) in [6.07, 6.45) is 6.05. The molecule has 5 heteroatoms. The third kappa shape index (κ3) is 3.61. The van der Waals surface area contributed by atoms with Gasteiger partial charge in [0.15, 0.2) is 0 Å². The normalized spacial score (nSPS) is 20.2. The molecule has 1 aliphatic heterocycles. The van der Waals surface area contributed by atoms with Gasteiger partial charge in [-0.3, -0.25) is 4.79 Å². The van der Waals surface area contributed by atoms with Crippen LogP contribution in [0.1, 0.15) is 43.0 Å². The number of likely N-dealkylation sites (tertiary alicyclic amines) is 1. The molecule has 0 aromatic carbocycles. The average Bonchev–Trinajstić information content (AvgIpc) is 2.66. The lowest BCUT2D eigenvalue weighted by Crippen LogP contribution is -2.32. The van der Waals surface area contributed by atoms with Crippen molar-refractivity contribution >= 4 is 29.1 Å². The van der Waals surface area contributed by atoms with Crippen LogP contribution >= 0.6 is 23.2 Å². The van der Waals surface area contributed by atoms with Gasteiger partial charge in [0.2, 0.25) is 0 Å². The Hall–Kier alpha value is -0.800. The van der Waals surface area contributed by atoms with Crippen LogP contribution in [-0.4, -0.2) is 28.9 Å². The summed E-state index contributed by atoms with van der Waals surface area (Å²) in [5, 5.41) is 0.564. The molecular formula is C14H18Cl2N2O. The van der Waals surface area contributed by atoms with Gasteiger partial charge in [-0.2, -0.15) is 0 Å². The molecule has 0 radical (unpaired) electrons. The van der Waals surface area contributed by atoms with Crippen molar-refractivity contribution in [3.63, 3.8) is 0 Å². The molecule has 1 unspecified atom stereocenters. The van der Waals surface area contributed by atoms with E-state index in [9.17, 15) is 4.79 Å². The van der Waals surface area contributed by atoms with E-state index in [4.69, 9.17) is 23.2 Å². The Kier molecular flexibility index (Phi) is 5.06. The maximum absolute atomic E-state index is 12.4. The molecule has 1 aromatic heterocycles. The van der Waals surface area contributed by atoms with Crippen molar-refractivity contribution in [1.29, 1.82) is 0 Å². The van der Waals surface area contributed by atoms with Gasteiger partial charge in [0, 0.05) is 19.3 Å². The molecular weight excluding hydrogens is 283 g/mol.